The zero-order valence-electron chi connectivity index (χ0n) is 18.2. The van der Waals surface area contributed by atoms with Crippen LogP contribution >= 0.6 is 0 Å². The summed E-state index contributed by atoms with van der Waals surface area (Å²) in [5, 5.41) is 7.32. The van der Waals surface area contributed by atoms with Crippen molar-refractivity contribution < 1.29 is 4.39 Å². The molecule has 1 aliphatic carbocycles. The first-order valence-corrected chi connectivity index (χ1v) is 10.9. The summed E-state index contributed by atoms with van der Waals surface area (Å²) < 4.78 is 13.9. The summed E-state index contributed by atoms with van der Waals surface area (Å²) in [6.07, 6.45) is 4.35. The Bertz CT molecular complexity index is 736. The Hall–Kier alpha value is -2.18. The van der Waals surface area contributed by atoms with E-state index in [1.165, 1.54) is 23.6 Å². The van der Waals surface area contributed by atoms with E-state index in [1.54, 1.807) is 6.07 Å². The van der Waals surface area contributed by atoms with E-state index in [0.29, 0.717) is 6.04 Å². The zero-order chi connectivity index (χ0) is 21.1. The van der Waals surface area contributed by atoms with Crippen molar-refractivity contribution in [2.45, 2.75) is 77.6 Å². The minimum atomic E-state index is -0.642. The van der Waals surface area contributed by atoms with Crippen LogP contribution in [0.3, 0.4) is 0 Å². The van der Waals surface area contributed by atoms with Gasteiger partial charge in [0.1, 0.15) is 6.17 Å². The van der Waals surface area contributed by atoms with Crippen LogP contribution in [0.4, 0.5) is 4.39 Å². The summed E-state index contributed by atoms with van der Waals surface area (Å²) in [6, 6.07) is 21.7. The van der Waals surface area contributed by atoms with Gasteiger partial charge in [0.2, 0.25) is 0 Å². The molecule has 29 heavy (non-hydrogen) atoms. The standard InChI is InChI=1S/C24H32FN.C2H3N/c1-3-26(18-21-8-5-4-6-9-21)19(2)12-13-20-14-16-22(17-15-20)23-10-7-11-24(23)25;1-2-3/h4-6,8-9,14-17,19,23-24H,3,7,10-13,18H2,1-2H3;1H3. The normalized spacial score (nSPS) is 19.3. The molecule has 0 bridgehead atoms. The number of aryl methyl sites for hydroxylation is 1. The first kappa shape index (κ1) is 23.1. The van der Waals surface area contributed by atoms with Crippen molar-refractivity contribution in [3.63, 3.8) is 0 Å². The highest BCUT2D eigenvalue weighted by molar-refractivity contribution is 5.27. The number of alkyl halides is 1. The summed E-state index contributed by atoms with van der Waals surface area (Å²) in [4.78, 5) is 2.54. The minimum absolute atomic E-state index is 0.129. The van der Waals surface area contributed by atoms with Crippen LogP contribution in [-0.4, -0.2) is 23.7 Å². The van der Waals surface area contributed by atoms with Crippen LogP contribution < -0.4 is 0 Å². The summed E-state index contributed by atoms with van der Waals surface area (Å²) in [5.41, 5.74) is 3.93. The van der Waals surface area contributed by atoms with Gasteiger partial charge in [-0.3, -0.25) is 4.90 Å². The minimum Gasteiger partial charge on any atom is -0.297 e. The molecule has 0 amide bonds. The first-order valence-electron chi connectivity index (χ1n) is 10.9. The van der Waals surface area contributed by atoms with Gasteiger partial charge in [-0.25, -0.2) is 4.39 Å². The average Bonchev–Trinajstić information content (AvgIpc) is 3.18. The molecule has 0 radical (unpaired) electrons. The van der Waals surface area contributed by atoms with Crippen molar-refractivity contribution in [3.05, 3.63) is 71.3 Å². The van der Waals surface area contributed by atoms with Crippen molar-refractivity contribution in [2.24, 2.45) is 0 Å². The summed E-state index contributed by atoms with van der Waals surface area (Å²) >= 11 is 0. The van der Waals surface area contributed by atoms with Gasteiger partial charge in [0, 0.05) is 25.4 Å². The lowest BCUT2D eigenvalue weighted by Gasteiger charge is -2.28. The fourth-order valence-electron chi connectivity index (χ4n) is 4.18. The first-order chi connectivity index (χ1) is 14.1. The van der Waals surface area contributed by atoms with Crippen LogP contribution in [0.15, 0.2) is 54.6 Å². The van der Waals surface area contributed by atoms with E-state index in [1.807, 2.05) is 0 Å². The van der Waals surface area contributed by atoms with E-state index in [0.717, 1.165) is 45.2 Å². The highest BCUT2D eigenvalue weighted by Crippen LogP contribution is 2.36. The lowest BCUT2D eigenvalue weighted by molar-refractivity contribution is 0.201. The van der Waals surface area contributed by atoms with Crippen molar-refractivity contribution in [2.75, 3.05) is 6.54 Å². The van der Waals surface area contributed by atoms with Crippen LogP contribution in [0.1, 0.15) is 69.1 Å². The number of halogens is 1. The molecule has 3 atom stereocenters. The van der Waals surface area contributed by atoms with E-state index in [-0.39, 0.29) is 5.92 Å². The number of nitrogens with zero attached hydrogens (tertiary/aromatic N) is 2. The highest BCUT2D eigenvalue weighted by Gasteiger charge is 2.28. The van der Waals surface area contributed by atoms with Gasteiger partial charge in [0.05, 0.1) is 6.07 Å². The average molecular weight is 395 g/mol. The van der Waals surface area contributed by atoms with Crippen molar-refractivity contribution in [3.8, 4) is 6.07 Å². The van der Waals surface area contributed by atoms with Crippen LogP contribution in [0.2, 0.25) is 0 Å². The molecule has 1 aliphatic rings. The van der Waals surface area contributed by atoms with Gasteiger partial charge < -0.3 is 0 Å². The number of hydrogen-bond donors (Lipinski definition) is 0. The molecule has 2 aromatic rings. The van der Waals surface area contributed by atoms with Gasteiger partial charge in [-0.1, -0.05) is 61.5 Å². The molecule has 0 heterocycles. The number of hydrogen-bond acceptors (Lipinski definition) is 2. The topological polar surface area (TPSA) is 27.0 Å². The second kappa shape index (κ2) is 12.4. The van der Waals surface area contributed by atoms with Crippen molar-refractivity contribution in [1.29, 1.82) is 5.26 Å². The summed E-state index contributed by atoms with van der Waals surface area (Å²) in [7, 11) is 0. The smallest absolute Gasteiger partial charge is 0.107 e. The number of benzene rings is 2. The Morgan fingerprint density at radius 1 is 1.07 bits per heavy atom. The fraction of sp³-hybridized carbons (Fsp3) is 0.500. The van der Waals surface area contributed by atoms with E-state index in [9.17, 15) is 4.39 Å². The molecule has 0 spiro atoms. The quantitative estimate of drug-likeness (QED) is 0.500. The Balaban J connectivity index is 0.000000941. The van der Waals surface area contributed by atoms with Gasteiger partial charge in [0.25, 0.3) is 0 Å². The van der Waals surface area contributed by atoms with Crippen LogP contribution in [0.5, 0.6) is 0 Å². The Morgan fingerprint density at radius 2 is 1.72 bits per heavy atom. The third kappa shape index (κ3) is 7.29. The molecule has 3 unspecified atom stereocenters. The monoisotopic (exact) mass is 394 g/mol. The Kier molecular flexibility index (Phi) is 9.88. The molecule has 3 heteroatoms. The summed E-state index contributed by atoms with van der Waals surface area (Å²) in [6.45, 7) is 8.07. The molecule has 2 aromatic carbocycles. The third-order valence-corrected chi connectivity index (χ3v) is 5.95. The molecule has 0 N–H and O–H groups in total. The second-order valence-electron chi connectivity index (χ2n) is 7.95. The van der Waals surface area contributed by atoms with E-state index >= 15 is 0 Å². The van der Waals surface area contributed by atoms with Gasteiger partial charge in [-0.05, 0) is 62.3 Å². The Labute approximate surface area is 176 Å². The largest absolute Gasteiger partial charge is 0.297 e. The lowest BCUT2D eigenvalue weighted by atomic mass is 9.94. The predicted molar refractivity (Wildman–Crippen MR) is 120 cm³/mol. The molecule has 1 fully saturated rings. The predicted octanol–water partition coefficient (Wildman–Crippen LogP) is 6.67. The maximum atomic E-state index is 13.9. The zero-order valence-corrected chi connectivity index (χ0v) is 18.2. The van der Waals surface area contributed by atoms with Gasteiger partial charge in [-0.15, -0.1) is 0 Å². The van der Waals surface area contributed by atoms with Gasteiger partial charge in [-0.2, -0.15) is 5.26 Å². The van der Waals surface area contributed by atoms with E-state index in [2.05, 4.69) is 73.3 Å². The molecule has 1 saturated carbocycles. The Morgan fingerprint density at radius 3 is 2.28 bits per heavy atom. The maximum absolute atomic E-state index is 13.9. The number of rotatable bonds is 8. The molecule has 0 aromatic heterocycles. The molecule has 3 rings (SSSR count). The highest BCUT2D eigenvalue weighted by atomic mass is 19.1. The molecular formula is C26H35FN2. The molecular weight excluding hydrogens is 359 g/mol. The van der Waals surface area contributed by atoms with Gasteiger partial charge in [0.15, 0.2) is 0 Å². The fourth-order valence-corrected chi connectivity index (χ4v) is 4.18. The van der Waals surface area contributed by atoms with Crippen LogP contribution in [0, 0.1) is 11.3 Å². The molecule has 0 aliphatic heterocycles. The van der Waals surface area contributed by atoms with Crippen LogP contribution in [0.25, 0.3) is 0 Å². The van der Waals surface area contributed by atoms with E-state index in [4.69, 9.17) is 5.26 Å². The summed E-state index contributed by atoms with van der Waals surface area (Å²) in [5.74, 6) is 0.129. The molecule has 156 valence electrons. The molecule has 2 nitrogen and oxygen atoms in total. The van der Waals surface area contributed by atoms with Gasteiger partial charge >= 0.3 is 0 Å². The SMILES string of the molecule is CC#N.CCN(Cc1ccccc1)C(C)CCc1ccc(C2CCCC2F)cc1. The lowest BCUT2D eigenvalue weighted by Crippen LogP contribution is -2.32. The third-order valence-electron chi connectivity index (χ3n) is 5.95. The maximum Gasteiger partial charge on any atom is 0.107 e. The van der Waals surface area contributed by atoms with E-state index < -0.39 is 6.17 Å². The number of nitriles is 1. The molecule has 0 saturated heterocycles. The van der Waals surface area contributed by atoms with Crippen LogP contribution in [-0.2, 0) is 13.0 Å². The van der Waals surface area contributed by atoms with Crippen molar-refractivity contribution >= 4 is 0 Å². The van der Waals surface area contributed by atoms with Crippen molar-refractivity contribution in [1.82, 2.24) is 4.90 Å². The second-order valence-corrected chi connectivity index (χ2v) is 7.95.